The lowest BCUT2D eigenvalue weighted by atomic mass is 10.2. The SMILES string of the molecule is COc1ccc(Nc2ccc(C(=O)N3CCN(C(C)=O)CC3)cn2)cc1Cl. The summed E-state index contributed by atoms with van der Waals surface area (Å²) in [6.07, 6.45) is 1.55. The number of methoxy groups -OCH3 is 1. The molecule has 2 amide bonds. The molecule has 1 fully saturated rings. The number of benzene rings is 1. The summed E-state index contributed by atoms with van der Waals surface area (Å²) in [7, 11) is 1.56. The molecule has 0 radical (unpaired) electrons. The average Bonchev–Trinajstić information content (AvgIpc) is 2.68. The van der Waals surface area contributed by atoms with Crippen molar-refractivity contribution in [1.29, 1.82) is 0 Å². The van der Waals surface area contributed by atoms with Gasteiger partial charge in [-0.25, -0.2) is 4.98 Å². The van der Waals surface area contributed by atoms with Crippen molar-refractivity contribution in [2.75, 3.05) is 38.6 Å². The third kappa shape index (κ3) is 4.49. The molecule has 1 aromatic carbocycles. The van der Waals surface area contributed by atoms with E-state index >= 15 is 0 Å². The first kappa shape index (κ1) is 19.0. The summed E-state index contributed by atoms with van der Waals surface area (Å²) in [6, 6.07) is 8.83. The van der Waals surface area contributed by atoms with Crippen molar-refractivity contribution >= 4 is 34.9 Å². The maximum absolute atomic E-state index is 12.6. The topological polar surface area (TPSA) is 74.8 Å². The van der Waals surface area contributed by atoms with Gasteiger partial charge in [-0.1, -0.05) is 11.6 Å². The van der Waals surface area contributed by atoms with Gasteiger partial charge < -0.3 is 19.9 Å². The number of anilines is 2. The van der Waals surface area contributed by atoms with Crippen LogP contribution in [0.2, 0.25) is 5.02 Å². The molecule has 27 heavy (non-hydrogen) atoms. The van der Waals surface area contributed by atoms with Crippen LogP contribution in [0.1, 0.15) is 17.3 Å². The normalized spacial score (nSPS) is 14.0. The minimum Gasteiger partial charge on any atom is -0.495 e. The van der Waals surface area contributed by atoms with Crippen LogP contribution < -0.4 is 10.1 Å². The molecule has 142 valence electrons. The van der Waals surface area contributed by atoms with Gasteiger partial charge in [0.2, 0.25) is 5.91 Å². The maximum Gasteiger partial charge on any atom is 0.255 e. The van der Waals surface area contributed by atoms with Crippen LogP contribution in [0.25, 0.3) is 0 Å². The summed E-state index contributed by atoms with van der Waals surface area (Å²) >= 11 is 6.12. The summed E-state index contributed by atoms with van der Waals surface area (Å²) in [5.74, 6) is 1.16. The molecule has 1 aromatic heterocycles. The highest BCUT2D eigenvalue weighted by Crippen LogP contribution is 2.28. The Morgan fingerprint density at radius 2 is 1.81 bits per heavy atom. The number of pyridine rings is 1. The fourth-order valence-corrected chi connectivity index (χ4v) is 3.15. The van der Waals surface area contributed by atoms with Crippen LogP contribution in [0.15, 0.2) is 36.5 Å². The number of rotatable bonds is 4. The van der Waals surface area contributed by atoms with Crippen LogP contribution >= 0.6 is 11.6 Å². The minimum atomic E-state index is -0.0789. The highest BCUT2D eigenvalue weighted by molar-refractivity contribution is 6.32. The van der Waals surface area contributed by atoms with Crippen molar-refractivity contribution in [1.82, 2.24) is 14.8 Å². The Hall–Kier alpha value is -2.80. The van der Waals surface area contributed by atoms with Crippen LogP contribution in [0.5, 0.6) is 5.75 Å². The smallest absolute Gasteiger partial charge is 0.255 e. The molecule has 1 saturated heterocycles. The second-order valence-corrected chi connectivity index (χ2v) is 6.61. The van der Waals surface area contributed by atoms with E-state index in [9.17, 15) is 9.59 Å². The zero-order valence-corrected chi connectivity index (χ0v) is 16.0. The standard InChI is InChI=1S/C19H21ClN4O3/c1-13(25)23-7-9-24(10-8-23)19(26)14-3-6-18(21-12-14)22-15-4-5-17(27-2)16(20)11-15/h3-6,11-12H,7-10H2,1-2H3,(H,21,22). The van der Waals surface area contributed by atoms with Gasteiger partial charge in [-0.15, -0.1) is 0 Å². The van der Waals surface area contributed by atoms with E-state index in [4.69, 9.17) is 16.3 Å². The molecule has 0 aliphatic carbocycles. The molecule has 0 spiro atoms. The Kier molecular flexibility index (Phi) is 5.81. The minimum absolute atomic E-state index is 0.0397. The van der Waals surface area contributed by atoms with Crippen LogP contribution in [-0.2, 0) is 4.79 Å². The molecule has 2 heterocycles. The van der Waals surface area contributed by atoms with Crippen LogP contribution in [0.4, 0.5) is 11.5 Å². The number of nitrogens with one attached hydrogen (secondary N) is 1. The largest absolute Gasteiger partial charge is 0.495 e. The summed E-state index contributed by atoms with van der Waals surface area (Å²) in [5, 5.41) is 3.64. The highest BCUT2D eigenvalue weighted by Gasteiger charge is 2.23. The van der Waals surface area contributed by atoms with E-state index in [1.54, 1.807) is 54.3 Å². The highest BCUT2D eigenvalue weighted by atomic mass is 35.5. The maximum atomic E-state index is 12.6. The number of ether oxygens (including phenoxy) is 1. The first-order chi connectivity index (χ1) is 13.0. The van der Waals surface area contributed by atoms with Crippen molar-refractivity contribution in [3.05, 3.63) is 47.1 Å². The lowest BCUT2D eigenvalue weighted by molar-refractivity contribution is -0.130. The lowest BCUT2D eigenvalue weighted by Crippen LogP contribution is -2.50. The number of carbonyl (C=O) groups excluding carboxylic acids is 2. The molecular formula is C19H21ClN4O3. The molecule has 0 unspecified atom stereocenters. The Bertz CT molecular complexity index is 833. The number of hydrogen-bond donors (Lipinski definition) is 1. The van der Waals surface area contributed by atoms with Gasteiger partial charge in [-0.2, -0.15) is 0 Å². The first-order valence-electron chi connectivity index (χ1n) is 8.59. The molecule has 0 saturated carbocycles. The fourth-order valence-electron chi connectivity index (χ4n) is 2.89. The van der Waals surface area contributed by atoms with Crippen LogP contribution in [0.3, 0.4) is 0 Å². The number of amides is 2. The van der Waals surface area contributed by atoms with Crippen LogP contribution in [0, 0.1) is 0 Å². The van der Waals surface area contributed by atoms with Gasteiger partial charge in [-0.3, -0.25) is 9.59 Å². The van der Waals surface area contributed by atoms with Gasteiger partial charge in [0.25, 0.3) is 5.91 Å². The number of hydrogen-bond acceptors (Lipinski definition) is 5. The monoisotopic (exact) mass is 388 g/mol. The predicted molar refractivity (Wildman–Crippen MR) is 104 cm³/mol. The molecule has 8 heteroatoms. The third-order valence-corrected chi connectivity index (χ3v) is 4.74. The number of carbonyl (C=O) groups is 2. The summed E-state index contributed by atoms with van der Waals surface area (Å²) < 4.78 is 5.13. The van der Waals surface area contributed by atoms with Crippen molar-refractivity contribution < 1.29 is 14.3 Å². The van der Waals surface area contributed by atoms with Crippen molar-refractivity contribution in [3.63, 3.8) is 0 Å². The predicted octanol–water partition coefficient (Wildman–Crippen LogP) is 2.79. The second kappa shape index (κ2) is 8.26. The van der Waals surface area contributed by atoms with E-state index < -0.39 is 0 Å². The first-order valence-corrected chi connectivity index (χ1v) is 8.97. The zero-order chi connectivity index (χ0) is 19.4. The average molecular weight is 389 g/mol. The van der Waals surface area contributed by atoms with E-state index in [1.807, 2.05) is 6.07 Å². The molecule has 2 aromatic rings. The molecule has 3 rings (SSSR count). The Morgan fingerprint density at radius 3 is 2.37 bits per heavy atom. The van der Waals surface area contributed by atoms with Crippen LogP contribution in [-0.4, -0.2) is 59.9 Å². The van der Waals surface area contributed by atoms with Gasteiger partial charge in [-0.05, 0) is 30.3 Å². The summed E-state index contributed by atoms with van der Waals surface area (Å²) in [5.41, 5.74) is 1.29. The van der Waals surface area contributed by atoms with Crippen molar-refractivity contribution in [3.8, 4) is 5.75 Å². The molecule has 1 aliphatic rings. The molecule has 0 atom stereocenters. The van der Waals surface area contributed by atoms with E-state index in [0.717, 1.165) is 5.69 Å². The van der Waals surface area contributed by atoms with Gasteiger partial charge in [0.1, 0.15) is 11.6 Å². The van der Waals surface area contributed by atoms with E-state index in [0.29, 0.717) is 48.3 Å². The van der Waals surface area contributed by atoms with Gasteiger partial charge in [0.05, 0.1) is 17.7 Å². The Morgan fingerprint density at radius 1 is 1.11 bits per heavy atom. The van der Waals surface area contributed by atoms with Gasteiger partial charge in [0, 0.05) is 45.0 Å². The quantitative estimate of drug-likeness (QED) is 0.871. The van der Waals surface area contributed by atoms with E-state index in [1.165, 1.54) is 0 Å². The zero-order valence-electron chi connectivity index (χ0n) is 15.2. The molecule has 1 N–H and O–H groups in total. The lowest BCUT2D eigenvalue weighted by Gasteiger charge is -2.34. The molecule has 0 bridgehead atoms. The van der Waals surface area contributed by atoms with Gasteiger partial charge in [0.15, 0.2) is 0 Å². The summed E-state index contributed by atoms with van der Waals surface area (Å²) in [6.45, 7) is 3.73. The molecule has 7 nitrogen and oxygen atoms in total. The van der Waals surface area contributed by atoms with Crippen molar-refractivity contribution in [2.45, 2.75) is 6.92 Å². The second-order valence-electron chi connectivity index (χ2n) is 6.20. The Balaban J connectivity index is 1.62. The van der Waals surface area contributed by atoms with Crippen molar-refractivity contribution in [2.24, 2.45) is 0 Å². The van der Waals surface area contributed by atoms with Gasteiger partial charge >= 0.3 is 0 Å². The fraction of sp³-hybridized carbons (Fsp3) is 0.316. The Labute approximate surface area is 162 Å². The number of piperazine rings is 1. The number of nitrogens with zero attached hydrogens (tertiary/aromatic N) is 3. The molecular weight excluding hydrogens is 368 g/mol. The molecule has 1 aliphatic heterocycles. The third-order valence-electron chi connectivity index (χ3n) is 4.45. The number of aromatic nitrogens is 1. The number of halogens is 1. The summed E-state index contributed by atoms with van der Waals surface area (Å²) in [4.78, 5) is 31.8. The van der Waals surface area contributed by atoms with E-state index in [-0.39, 0.29) is 11.8 Å². The van der Waals surface area contributed by atoms with E-state index in [2.05, 4.69) is 10.3 Å².